The molecule has 1 aromatic carbocycles. The van der Waals surface area contributed by atoms with Crippen LogP contribution in [0.1, 0.15) is 42.1 Å². The van der Waals surface area contributed by atoms with Crippen molar-refractivity contribution in [2.24, 2.45) is 11.1 Å². The summed E-state index contributed by atoms with van der Waals surface area (Å²) in [5, 5.41) is 7.80. The molecule has 1 aromatic rings. The van der Waals surface area contributed by atoms with Gasteiger partial charge in [0.1, 0.15) is 10.7 Å². The first-order valence-electron chi connectivity index (χ1n) is 6.84. The molecule has 7 heteroatoms. The Morgan fingerprint density at radius 1 is 1.43 bits per heavy atom. The number of primary sulfonamides is 1. The number of hydrogen-bond donors (Lipinski definition) is 2. The van der Waals surface area contributed by atoms with E-state index in [1.165, 1.54) is 13.0 Å². The van der Waals surface area contributed by atoms with E-state index in [1.807, 2.05) is 6.92 Å². The Kier molecular flexibility index (Phi) is 4.34. The molecule has 0 radical (unpaired) electrons. The molecular formula is C14H19FN2O3S. The number of rotatable bonds is 4. The Bertz CT molecular complexity index is 669. The zero-order valence-electron chi connectivity index (χ0n) is 12.0. The first-order chi connectivity index (χ1) is 9.70. The Hall–Kier alpha value is -1.47. The molecule has 1 amide bonds. The number of aryl methyl sites for hydroxylation is 1. The van der Waals surface area contributed by atoms with Gasteiger partial charge in [-0.3, -0.25) is 4.79 Å². The van der Waals surface area contributed by atoms with Gasteiger partial charge in [0.2, 0.25) is 10.0 Å². The van der Waals surface area contributed by atoms with Gasteiger partial charge in [0.25, 0.3) is 5.91 Å². The number of benzene rings is 1. The van der Waals surface area contributed by atoms with Crippen LogP contribution in [0.15, 0.2) is 17.0 Å². The summed E-state index contributed by atoms with van der Waals surface area (Å²) in [7, 11) is -4.21. The van der Waals surface area contributed by atoms with Crippen LogP contribution in [0.3, 0.4) is 0 Å². The first-order valence-corrected chi connectivity index (χ1v) is 8.38. The fourth-order valence-corrected chi connectivity index (χ4v) is 3.13. The molecule has 1 aliphatic carbocycles. The van der Waals surface area contributed by atoms with Crippen molar-refractivity contribution in [3.8, 4) is 0 Å². The topological polar surface area (TPSA) is 89.3 Å². The summed E-state index contributed by atoms with van der Waals surface area (Å²) in [6.45, 7) is 3.31. The number of nitrogens with two attached hydrogens (primary N) is 1. The average molecular weight is 314 g/mol. The number of hydrogen-bond acceptors (Lipinski definition) is 3. The molecule has 21 heavy (non-hydrogen) atoms. The third kappa shape index (κ3) is 3.41. The second kappa shape index (κ2) is 5.73. The van der Waals surface area contributed by atoms with Crippen molar-refractivity contribution in [2.75, 3.05) is 0 Å². The normalized spacial score (nSPS) is 17.1. The zero-order chi connectivity index (χ0) is 15.8. The molecule has 1 fully saturated rings. The van der Waals surface area contributed by atoms with Gasteiger partial charge in [0.05, 0.1) is 0 Å². The summed E-state index contributed by atoms with van der Waals surface area (Å²) in [5.41, 5.74) is 0.173. The fraction of sp³-hybridized carbons (Fsp3) is 0.500. The summed E-state index contributed by atoms with van der Waals surface area (Å²) in [5.74, 6) is -0.878. The quantitative estimate of drug-likeness (QED) is 0.886. The van der Waals surface area contributed by atoms with Gasteiger partial charge in [-0.2, -0.15) is 0 Å². The van der Waals surface area contributed by atoms with E-state index >= 15 is 0 Å². The molecule has 3 N–H and O–H groups in total. The Morgan fingerprint density at radius 2 is 2.05 bits per heavy atom. The lowest BCUT2D eigenvalue weighted by Crippen LogP contribution is -2.40. The molecule has 1 aliphatic rings. The largest absolute Gasteiger partial charge is 0.349 e. The van der Waals surface area contributed by atoms with Crippen LogP contribution >= 0.6 is 0 Å². The van der Waals surface area contributed by atoms with Gasteiger partial charge in [-0.05, 0) is 50.3 Å². The van der Waals surface area contributed by atoms with E-state index in [0.29, 0.717) is 5.92 Å². The maximum absolute atomic E-state index is 13.8. The maximum Gasteiger partial charge on any atom is 0.251 e. The third-order valence-corrected chi connectivity index (χ3v) is 4.92. The molecule has 0 saturated heterocycles. The fourth-order valence-electron chi connectivity index (χ4n) is 2.42. The summed E-state index contributed by atoms with van der Waals surface area (Å²) >= 11 is 0. The van der Waals surface area contributed by atoms with Crippen molar-refractivity contribution in [1.29, 1.82) is 0 Å². The highest BCUT2D eigenvalue weighted by Gasteiger charge is 2.26. The molecule has 0 heterocycles. The first kappa shape index (κ1) is 15.9. The Morgan fingerprint density at radius 3 is 2.52 bits per heavy atom. The van der Waals surface area contributed by atoms with Crippen molar-refractivity contribution in [2.45, 2.75) is 44.0 Å². The van der Waals surface area contributed by atoms with Gasteiger partial charge in [-0.15, -0.1) is 0 Å². The Balaban J connectivity index is 2.27. The molecule has 2 rings (SSSR count). The van der Waals surface area contributed by atoms with Gasteiger partial charge in [0, 0.05) is 11.6 Å². The van der Waals surface area contributed by atoms with E-state index in [9.17, 15) is 17.6 Å². The molecule has 5 nitrogen and oxygen atoms in total. The van der Waals surface area contributed by atoms with E-state index in [-0.39, 0.29) is 17.2 Å². The molecule has 1 unspecified atom stereocenters. The average Bonchev–Trinajstić information content (AvgIpc) is 2.28. The SMILES string of the molecule is Cc1cc(C(=O)NC(C)C2CCC2)cc(S(N)(=O)=O)c1F. The van der Waals surface area contributed by atoms with Crippen LogP contribution in [0.4, 0.5) is 4.39 Å². The van der Waals surface area contributed by atoms with E-state index < -0.39 is 26.6 Å². The van der Waals surface area contributed by atoms with Crippen LogP contribution in [0.25, 0.3) is 0 Å². The number of halogens is 1. The van der Waals surface area contributed by atoms with E-state index in [1.54, 1.807) is 0 Å². The minimum absolute atomic E-state index is 0.00884. The lowest BCUT2D eigenvalue weighted by Gasteiger charge is -2.31. The van der Waals surface area contributed by atoms with Gasteiger partial charge in [-0.1, -0.05) is 6.42 Å². The zero-order valence-corrected chi connectivity index (χ0v) is 12.8. The van der Waals surface area contributed by atoms with Crippen LogP contribution in [-0.2, 0) is 10.0 Å². The van der Waals surface area contributed by atoms with Crippen LogP contribution in [0.2, 0.25) is 0 Å². The number of carbonyl (C=O) groups is 1. The molecule has 1 atom stereocenters. The lowest BCUT2D eigenvalue weighted by molar-refractivity contribution is 0.0909. The van der Waals surface area contributed by atoms with E-state index in [0.717, 1.165) is 25.3 Å². The highest BCUT2D eigenvalue weighted by atomic mass is 32.2. The molecule has 0 aromatic heterocycles. The van der Waals surface area contributed by atoms with Crippen molar-refractivity contribution < 1.29 is 17.6 Å². The molecule has 0 bridgehead atoms. The lowest BCUT2D eigenvalue weighted by atomic mass is 9.80. The van der Waals surface area contributed by atoms with Crippen LogP contribution < -0.4 is 10.5 Å². The van der Waals surface area contributed by atoms with Crippen LogP contribution in [0, 0.1) is 18.7 Å². The number of sulfonamides is 1. The number of amides is 1. The Labute approximate surface area is 123 Å². The van der Waals surface area contributed by atoms with Crippen molar-refractivity contribution in [3.05, 3.63) is 29.1 Å². The molecular weight excluding hydrogens is 295 g/mol. The van der Waals surface area contributed by atoms with E-state index in [4.69, 9.17) is 5.14 Å². The van der Waals surface area contributed by atoms with Gasteiger partial charge in [0.15, 0.2) is 0 Å². The molecule has 1 saturated carbocycles. The summed E-state index contributed by atoms with van der Waals surface area (Å²) in [4.78, 5) is 11.5. The molecule has 116 valence electrons. The highest BCUT2D eigenvalue weighted by Crippen LogP contribution is 2.29. The summed E-state index contributed by atoms with van der Waals surface area (Å²) in [6.07, 6.45) is 3.31. The number of carbonyl (C=O) groups excluding carboxylic acids is 1. The monoisotopic (exact) mass is 314 g/mol. The van der Waals surface area contributed by atoms with Gasteiger partial charge < -0.3 is 5.32 Å². The minimum Gasteiger partial charge on any atom is -0.349 e. The van der Waals surface area contributed by atoms with Crippen LogP contribution in [0.5, 0.6) is 0 Å². The third-order valence-electron chi connectivity index (χ3n) is 4.01. The van der Waals surface area contributed by atoms with Crippen molar-refractivity contribution in [3.63, 3.8) is 0 Å². The van der Waals surface area contributed by atoms with Gasteiger partial charge in [-0.25, -0.2) is 17.9 Å². The summed E-state index contributed by atoms with van der Waals surface area (Å²) in [6, 6.07) is 2.32. The van der Waals surface area contributed by atoms with Crippen LogP contribution in [-0.4, -0.2) is 20.4 Å². The van der Waals surface area contributed by atoms with Crippen molar-refractivity contribution in [1.82, 2.24) is 5.32 Å². The predicted molar refractivity (Wildman–Crippen MR) is 76.8 cm³/mol. The van der Waals surface area contributed by atoms with Crippen molar-refractivity contribution >= 4 is 15.9 Å². The standard InChI is InChI=1S/C14H19FN2O3S/c1-8-6-11(7-12(13(8)15)21(16,19)20)14(18)17-9(2)10-4-3-5-10/h6-7,9-10H,3-5H2,1-2H3,(H,17,18)(H2,16,19,20). The highest BCUT2D eigenvalue weighted by molar-refractivity contribution is 7.89. The minimum atomic E-state index is -4.21. The van der Waals surface area contributed by atoms with E-state index in [2.05, 4.69) is 5.32 Å². The maximum atomic E-state index is 13.8. The smallest absolute Gasteiger partial charge is 0.251 e. The second-order valence-corrected chi connectivity index (χ2v) is 7.13. The molecule has 0 spiro atoms. The predicted octanol–water partition coefficient (Wildman–Crippen LogP) is 1.70. The van der Waals surface area contributed by atoms with Gasteiger partial charge >= 0.3 is 0 Å². The number of nitrogens with one attached hydrogen (secondary N) is 1. The second-order valence-electron chi connectivity index (χ2n) is 5.60. The summed E-state index contributed by atoms with van der Waals surface area (Å²) < 4.78 is 36.6. The molecule has 0 aliphatic heterocycles.